The highest BCUT2D eigenvalue weighted by molar-refractivity contribution is 5.92. The lowest BCUT2D eigenvalue weighted by Crippen LogP contribution is -2.15. The summed E-state index contributed by atoms with van der Waals surface area (Å²) in [4.78, 5) is 16.0. The van der Waals surface area contributed by atoms with Crippen molar-refractivity contribution in [2.45, 2.75) is 26.2 Å². The number of nitrogens with one attached hydrogen (secondary N) is 1. The molecular weight excluding hydrogens is 266 g/mol. The Hall–Kier alpha value is -2.21. The minimum absolute atomic E-state index is 0.00596. The van der Waals surface area contributed by atoms with Gasteiger partial charge in [0.15, 0.2) is 0 Å². The fourth-order valence-corrected chi connectivity index (χ4v) is 2.13. The van der Waals surface area contributed by atoms with E-state index in [4.69, 9.17) is 5.73 Å². The molecule has 0 saturated carbocycles. The molecule has 3 N–H and O–H groups in total. The molecule has 0 radical (unpaired) electrons. The topological polar surface area (TPSA) is 85.8 Å². The summed E-state index contributed by atoms with van der Waals surface area (Å²) in [7, 11) is 0. The zero-order chi connectivity index (χ0) is 15.1. The van der Waals surface area contributed by atoms with E-state index in [1.807, 2.05) is 24.3 Å². The lowest BCUT2D eigenvalue weighted by atomic mass is 10.0. The number of aromatic nitrogens is 3. The van der Waals surface area contributed by atoms with Gasteiger partial charge in [0, 0.05) is 6.42 Å². The van der Waals surface area contributed by atoms with E-state index < -0.39 is 0 Å². The van der Waals surface area contributed by atoms with Crippen LogP contribution in [0, 0.1) is 5.92 Å². The Bertz CT molecular complexity index is 567. The molecule has 1 aromatic heterocycles. The largest absolute Gasteiger partial charge is 0.330 e. The number of hydrogen-bond acceptors (Lipinski definition) is 4. The van der Waals surface area contributed by atoms with E-state index in [0.29, 0.717) is 18.9 Å². The van der Waals surface area contributed by atoms with Crippen LogP contribution in [-0.2, 0) is 4.79 Å². The average Bonchev–Trinajstić information content (AvgIpc) is 3.00. The number of nitrogens with zero attached hydrogens (tertiary/aromatic N) is 3. The molecule has 112 valence electrons. The number of rotatable bonds is 7. The maximum absolute atomic E-state index is 12.1. The molecule has 0 fully saturated rings. The van der Waals surface area contributed by atoms with Gasteiger partial charge in [-0.3, -0.25) is 4.79 Å². The number of para-hydroxylation sites is 2. The third-order valence-electron chi connectivity index (χ3n) is 3.37. The van der Waals surface area contributed by atoms with E-state index in [1.54, 1.807) is 11.0 Å². The number of benzene rings is 1. The number of nitrogens with two attached hydrogens (primary N) is 1. The molecule has 0 bridgehead atoms. The van der Waals surface area contributed by atoms with Gasteiger partial charge in [0.1, 0.15) is 12.7 Å². The van der Waals surface area contributed by atoms with Gasteiger partial charge in [-0.15, -0.1) is 0 Å². The van der Waals surface area contributed by atoms with Crippen molar-refractivity contribution in [3.8, 4) is 5.69 Å². The fourth-order valence-electron chi connectivity index (χ4n) is 2.13. The molecule has 0 aliphatic heterocycles. The lowest BCUT2D eigenvalue weighted by molar-refractivity contribution is -0.116. The van der Waals surface area contributed by atoms with Gasteiger partial charge in [0.2, 0.25) is 5.91 Å². The molecule has 1 aromatic carbocycles. The van der Waals surface area contributed by atoms with E-state index in [0.717, 1.165) is 24.2 Å². The third-order valence-corrected chi connectivity index (χ3v) is 3.37. The van der Waals surface area contributed by atoms with Gasteiger partial charge in [0.25, 0.3) is 0 Å². The summed E-state index contributed by atoms with van der Waals surface area (Å²) < 4.78 is 1.63. The van der Waals surface area contributed by atoms with Crippen molar-refractivity contribution < 1.29 is 4.79 Å². The van der Waals surface area contributed by atoms with Crippen molar-refractivity contribution >= 4 is 11.6 Å². The minimum Gasteiger partial charge on any atom is -0.330 e. The quantitative estimate of drug-likeness (QED) is 0.815. The van der Waals surface area contributed by atoms with Crippen molar-refractivity contribution in [2.75, 3.05) is 11.9 Å². The lowest BCUT2D eigenvalue weighted by Gasteiger charge is -2.12. The van der Waals surface area contributed by atoms with E-state index in [1.165, 1.54) is 6.33 Å². The van der Waals surface area contributed by atoms with Gasteiger partial charge < -0.3 is 11.1 Å². The van der Waals surface area contributed by atoms with Crippen LogP contribution in [0.2, 0.25) is 0 Å². The minimum atomic E-state index is 0.00596. The van der Waals surface area contributed by atoms with Crippen molar-refractivity contribution in [1.82, 2.24) is 14.8 Å². The van der Waals surface area contributed by atoms with Crippen molar-refractivity contribution in [2.24, 2.45) is 11.7 Å². The summed E-state index contributed by atoms with van der Waals surface area (Å²) in [6.45, 7) is 2.78. The van der Waals surface area contributed by atoms with Gasteiger partial charge >= 0.3 is 0 Å². The molecule has 0 saturated heterocycles. The molecular formula is C15H21N5O. The second-order valence-electron chi connectivity index (χ2n) is 5.13. The first-order chi connectivity index (χ1) is 10.2. The van der Waals surface area contributed by atoms with Gasteiger partial charge in [-0.05, 0) is 37.4 Å². The van der Waals surface area contributed by atoms with Crippen LogP contribution in [0.15, 0.2) is 36.9 Å². The second kappa shape index (κ2) is 7.54. The predicted molar refractivity (Wildman–Crippen MR) is 82.1 cm³/mol. The van der Waals surface area contributed by atoms with Crippen LogP contribution in [0.25, 0.3) is 5.69 Å². The normalized spacial score (nSPS) is 12.1. The van der Waals surface area contributed by atoms with Crippen molar-refractivity contribution in [3.63, 3.8) is 0 Å². The van der Waals surface area contributed by atoms with E-state index in [2.05, 4.69) is 22.3 Å². The summed E-state index contributed by atoms with van der Waals surface area (Å²) in [5, 5.41) is 7.03. The Morgan fingerprint density at radius 3 is 2.90 bits per heavy atom. The molecule has 1 amide bonds. The summed E-state index contributed by atoms with van der Waals surface area (Å²) >= 11 is 0. The Morgan fingerprint density at radius 2 is 2.19 bits per heavy atom. The molecule has 1 heterocycles. The first-order valence-electron chi connectivity index (χ1n) is 7.14. The van der Waals surface area contributed by atoms with E-state index >= 15 is 0 Å². The molecule has 2 aromatic rings. The molecule has 0 aliphatic carbocycles. The van der Waals surface area contributed by atoms with Crippen LogP contribution in [0.5, 0.6) is 0 Å². The van der Waals surface area contributed by atoms with Gasteiger partial charge in [-0.2, -0.15) is 5.10 Å². The Kier molecular flexibility index (Phi) is 5.45. The molecule has 6 nitrogen and oxygen atoms in total. The van der Waals surface area contributed by atoms with Crippen LogP contribution >= 0.6 is 0 Å². The van der Waals surface area contributed by atoms with Crippen molar-refractivity contribution in [3.05, 3.63) is 36.9 Å². The highest BCUT2D eigenvalue weighted by atomic mass is 16.1. The van der Waals surface area contributed by atoms with Gasteiger partial charge in [-0.25, -0.2) is 9.67 Å². The van der Waals surface area contributed by atoms with Gasteiger partial charge in [0.05, 0.1) is 11.4 Å². The molecule has 2 rings (SSSR count). The number of carbonyl (C=O) groups is 1. The summed E-state index contributed by atoms with van der Waals surface area (Å²) in [6.07, 6.45) is 5.35. The Labute approximate surface area is 124 Å². The zero-order valence-electron chi connectivity index (χ0n) is 12.2. The van der Waals surface area contributed by atoms with Crippen LogP contribution in [0.4, 0.5) is 5.69 Å². The molecule has 6 heteroatoms. The highest BCUT2D eigenvalue weighted by Crippen LogP contribution is 2.19. The molecule has 21 heavy (non-hydrogen) atoms. The first-order valence-corrected chi connectivity index (χ1v) is 7.14. The standard InChI is InChI=1S/C15H21N5O/c1-12(8-9-16)6-7-15(21)19-13-4-2-3-5-14(13)20-11-17-10-18-20/h2-5,10-12H,6-9,16H2,1H3,(H,19,21). The SMILES string of the molecule is CC(CCN)CCC(=O)Nc1ccccc1-n1cncn1. The molecule has 1 unspecified atom stereocenters. The van der Waals surface area contributed by atoms with Crippen LogP contribution in [0.1, 0.15) is 26.2 Å². The highest BCUT2D eigenvalue weighted by Gasteiger charge is 2.10. The molecule has 0 aliphatic rings. The summed E-state index contributed by atoms with van der Waals surface area (Å²) in [5.41, 5.74) is 7.06. The Morgan fingerprint density at radius 1 is 1.38 bits per heavy atom. The maximum atomic E-state index is 12.1. The smallest absolute Gasteiger partial charge is 0.224 e. The number of amides is 1. The van der Waals surface area contributed by atoms with Crippen LogP contribution in [-0.4, -0.2) is 27.2 Å². The fraction of sp³-hybridized carbons (Fsp3) is 0.400. The van der Waals surface area contributed by atoms with Crippen molar-refractivity contribution in [1.29, 1.82) is 0 Å². The maximum Gasteiger partial charge on any atom is 0.224 e. The third kappa shape index (κ3) is 4.39. The van der Waals surface area contributed by atoms with Crippen LogP contribution in [0.3, 0.4) is 0 Å². The molecule has 0 spiro atoms. The average molecular weight is 287 g/mol. The number of hydrogen-bond donors (Lipinski definition) is 2. The van der Waals surface area contributed by atoms with E-state index in [9.17, 15) is 4.79 Å². The number of carbonyl (C=O) groups excluding carboxylic acids is 1. The summed E-state index contributed by atoms with van der Waals surface area (Å²) in [6, 6.07) is 7.53. The van der Waals surface area contributed by atoms with Gasteiger partial charge in [-0.1, -0.05) is 19.1 Å². The first kappa shape index (κ1) is 15.2. The zero-order valence-corrected chi connectivity index (χ0v) is 12.2. The Balaban J connectivity index is 1.98. The predicted octanol–water partition coefficient (Wildman–Crippen LogP) is 1.97. The van der Waals surface area contributed by atoms with E-state index in [-0.39, 0.29) is 5.91 Å². The monoisotopic (exact) mass is 287 g/mol. The second-order valence-corrected chi connectivity index (χ2v) is 5.13. The summed E-state index contributed by atoms with van der Waals surface area (Å²) in [5.74, 6) is 0.470. The van der Waals surface area contributed by atoms with Crippen LogP contribution < -0.4 is 11.1 Å². The number of anilines is 1. The molecule has 1 atom stereocenters.